The molecular formula is C14H15NO3. The standard InChI is InChI=1S/C14H15NO3/c1-9(8-15)17-10-4-5-11-12(16)7-14(2,3)18-13(11)6-10/h4-6,9H,7H2,1-3H3. The van der Waals surface area contributed by atoms with Crippen molar-refractivity contribution in [2.45, 2.75) is 38.9 Å². The molecule has 0 fully saturated rings. The van der Waals surface area contributed by atoms with E-state index in [1.54, 1.807) is 25.1 Å². The van der Waals surface area contributed by atoms with Gasteiger partial charge in [-0.2, -0.15) is 5.26 Å². The van der Waals surface area contributed by atoms with Gasteiger partial charge in [-0.25, -0.2) is 0 Å². The number of hydrogen-bond acceptors (Lipinski definition) is 4. The van der Waals surface area contributed by atoms with Crippen LogP contribution in [0.1, 0.15) is 37.6 Å². The molecule has 1 aromatic rings. The molecule has 4 heteroatoms. The van der Waals surface area contributed by atoms with E-state index in [1.807, 2.05) is 19.9 Å². The lowest BCUT2D eigenvalue weighted by Gasteiger charge is -2.31. The van der Waals surface area contributed by atoms with Crippen molar-refractivity contribution in [1.29, 1.82) is 5.26 Å². The number of hydrogen-bond donors (Lipinski definition) is 0. The second-order valence-corrected chi connectivity index (χ2v) is 5.01. The van der Waals surface area contributed by atoms with Crippen molar-refractivity contribution in [2.75, 3.05) is 0 Å². The van der Waals surface area contributed by atoms with Gasteiger partial charge in [0.1, 0.15) is 23.2 Å². The van der Waals surface area contributed by atoms with Gasteiger partial charge in [0.2, 0.25) is 0 Å². The van der Waals surface area contributed by atoms with Gasteiger partial charge in [0.05, 0.1) is 12.0 Å². The van der Waals surface area contributed by atoms with Gasteiger partial charge in [0.25, 0.3) is 0 Å². The molecule has 0 radical (unpaired) electrons. The van der Waals surface area contributed by atoms with E-state index >= 15 is 0 Å². The summed E-state index contributed by atoms with van der Waals surface area (Å²) in [6.45, 7) is 5.41. The number of carbonyl (C=O) groups excluding carboxylic acids is 1. The highest BCUT2D eigenvalue weighted by Crippen LogP contribution is 2.35. The molecule has 0 saturated carbocycles. The van der Waals surface area contributed by atoms with Crippen molar-refractivity contribution >= 4 is 5.78 Å². The molecule has 0 saturated heterocycles. The number of carbonyl (C=O) groups is 1. The number of ether oxygens (including phenoxy) is 2. The monoisotopic (exact) mass is 245 g/mol. The first-order valence-electron chi connectivity index (χ1n) is 5.84. The van der Waals surface area contributed by atoms with E-state index in [4.69, 9.17) is 14.7 Å². The van der Waals surface area contributed by atoms with Crippen LogP contribution in [0.2, 0.25) is 0 Å². The fourth-order valence-corrected chi connectivity index (χ4v) is 1.94. The van der Waals surface area contributed by atoms with Crippen molar-refractivity contribution in [3.8, 4) is 17.6 Å². The minimum absolute atomic E-state index is 0.0705. The lowest BCUT2D eigenvalue weighted by molar-refractivity contribution is 0.0618. The van der Waals surface area contributed by atoms with Crippen LogP contribution in [0.3, 0.4) is 0 Å². The molecule has 1 unspecified atom stereocenters. The van der Waals surface area contributed by atoms with Crippen molar-refractivity contribution in [1.82, 2.24) is 0 Å². The quantitative estimate of drug-likeness (QED) is 0.803. The summed E-state index contributed by atoms with van der Waals surface area (Å²) in [7, 11) is 0. The SMILES string of the molecule is CC(C#N)Oc1ccc2c(c1)OC(C)(C)CC2=O. The second kappa shape index (κ2) is 4.34. The lowest BCUT2D eigenvalue weighted by Crippen LogP contribution is -2.35. The van der Waals surface area contributed by atoms with E-state index in [-0.39, 0.29) is 5.78 Å². The molecule has 94 valence electrons. The highest BCUT2D eigenvalue weighted by atomic mass is 16.5. The molecule has 1 aliphatic heterocycles. The van der Waals surface area contributed by atoms with Gasteiger partial charge in [0.15, 0.2) is 11.9 Å². The summed E-state index contributed by atoms with van der Waals surface area (Å²) in [5.41, 5.74) is 0.0788. The highest BCUT2D eigenvalue weighted by Gasteiger charge is 2.32. The number of ketones is 1. The summed E-state index contributed by atoms with van der Waals surface area (Å²) >= 11 is 0. The Labute approximate surface area is 106 Å². The molecule has 1 aromatic carbocycles. The zero-order valence-electron chi connectivity index (χ0n) is 10.7. The molecule has 2 rings (SSSR count). The van der Waals surface area contributed by atoms with Gasteiger partial charge < -0.3 is 9.47 Å². The van der Waals surface area contributed by atoms with Gasteiger partial charge in [-0.15, -0.1) is 0 Å². The summed E-state index contributed by atoms with van der Waals surface area (Å²) in [6, 6.07) is 7.03. The Morgan fingerprint density at radius 1 is 1.50 bits per heavy atom. The Kier molecular flexibility index (Phi) is 3.00. The molecule has 1 aliphatic rings. The molecule has 0 N–H and O–H groups in total. The molecule has 4 nitrogen and oxygen atoms in total. The maximum absolute atomic E-state index is 11.9. The molecule has 0 bridgehead atoms. The van der Waals surface area contributed by atoms with Crippen LogP contribution in [0.15, 0.2) is 18.2 Å². The van der Waals surface area contributed by atoms with Crippen molar-refractivity contribution in [3.63, 3.8) is 0 Å². The van der Waals surface area contributed by atoms with E-state index < -0.39 is 11.7 Å². The summed E-state index contributed by atoms with van der Waals surface area (Å²) in [6.07, 6.45) is -0.162. The Morgan fingerprint density at radius 3 is 2.89 bits per heavy atom. The molecule has 1 heterocycles. The average molecular weight is 245 g/mol. The molecule has 18 heavy (non-hydrogen) atoms. The number of nitriles is 1. The van der Waals surface area contributed by atoms with Crippen molar-refractivity contribution in [2.24, 2.45) is 0 Å². The minimum atomic E-state index is -0.532. The third kappa shape index (κ3) is 2.45. The van der Waals surface area contributed by atoms with E-state index in [2.05, 4.69) is 0 Å². The van der Waals surface area contributed by atoms with Crippen molar-refractivity contribution in [3.05, 3.63) is 23.8 Å². The van der Waals surface area contributed by atoms with Crippen LogP contribution in [0.4, 0.5) is 0 Å². The second-order valence-electron chi connectivity index (χ2n) is 5.01. The number of benzene rings is 1. The fourth-order valence-electron chi connectivity index (χ4n) is 1.94. The molecule has 0 aliphatic carbocycles. The van der Waals surface area contributed by atoms with Crippen LogP contribution in [-0.4, -0.2) is 17.5 Å². The molecule has 0 spiro atoms. The Hall–Kier alpha value is -2.02. The molecule has 1 atom stereocenters. The molecule has 0 amide bonds. The van der Waals surface area contributed by atoms with Crippen LogP contribution >= 0.6 is 0 Å². The summed E-state index contributed by atoms with van der Waals surface area (Å²) in [5.74, 6) is 1.13. The Morgan fingerprint density at radius 2 is 2.22 bits per heavy atom. The Balaban J connectivity index is 2.32. The lowest BCUT2D eigenvalue weighted by atomic mass is 9.93. The van der Waals surface area contributed by atoms with E-state index in [1.165, 1.54) is 0 Å². The largest absolute Gasteiger partial charge is 0.486 e. The van der Waals surface area contributed by atoms with Crippen LogP contribution < -0.4 is 9.47 Å². The normalized spacial score (nSPS) is 18.2. The topological polar surface area (TPSA) is 59.3 Å². The maximum Gasteiger partial charge on any atom is 0.181 e. The van der Waals surface area contributed by atoms with Crippen LogP contribution in [0.25, 0.3) is 0 Å². The summed E-state index contributed by atoms with van der Waals surface area (Å²) < 4.78 is 11.1. The third-order valence-corrected chi connectivity index (χ3v) is 2.72. The first-order chi connectivity index (χ1) is 8.41. The van der Waals surface area contributed by atoms with Crippen LogP contribution in [-0.2, 0) is 0 Å². The Bertz CT molecular complexity index is 528. The smallest absolute Gasteiger partial charge is 0.181 e. The number of rotatable bonds is 2. The number of fused-ring (bicyclic) bond motifs is 1. The fraction of sp³-hybridized carbons (Fsp3) is 0.429. The minimum Gasteiger partial charge on any atom is -0.486 e. The summed E-state index contributed by atoms with van der Waals surface area (Å²) in [5, 5.41) is 8.70. The van der Waals surface area contributed by atoms with Gasteiger partial charge >= 0.3 is 0 Å². The predicted molar refractivity (Wildman–Crippen MR) is 65.8 cm³/mol. The van der Waals surface area contributed by atoms with Crippen molar-refractivity contribution < 1.29 is 14.3 Å². The first kappa shape index (κ1) is 12.4. The van der Waals surface area contributed by atoms with E-state index in [0.717, 1.165) is 0 Å². The molecular weight excluding hydrogens is 230 g/mol. The zero-order chi connectivity index (χ0) is 13.3. The average Bonchev–Trinajstić information content (AvgIpc) is 2.26. The number of nitrogens with zero attached hydrogens (tertiary/aromatic N) is 1. The van der Waals surface area contributed by atoms with Crippen LogP contribution in [0.5, 0.6) is 11.5 Å². The first-order valence-corrected chi connectivity index (χ1v) is 5.84. The number of Topliss-reactive ketones (excluding diaryl/α,β-unsaturated/α-hetero) is 1. The molecule has 0 aromatic heterocycles. The highest BCUT2D eigenvalue weighted by molar-refractivity contribution is 6.00. The zero-order valence-corrected chi connectivity index (χ0v) is 10.7. The third-order valence-electron chi connectivity index (χ3n) is 2.72. The van der Waals surface area contributed by atoms with Crippen LogP contribution in [0, 0.1) is 11.3 Å². The van der Waals surface area contributed by atoms with Gasteiger partial charge in [0, 0.05) is 6.07 Å². The van der Waals surface area contributed by atoms with Gasteiger partial charge in [-0.1, -0.05) is 0 Å². The summed E-state index contributed by atoms with van der Waals surface area (Å²) in [4.78, 5) is 11.9. The van der Waals surface area contributed by atoms with E-state index in [9.17, 15) is 4.79 Å². The predicted octanol–water partition coefficient (Wildman–Crippen LogP) is 2.72. The van der Waals surface area contributed by atoms with Gasteiger partial charge in [-0.05, 0) is 32.9 Å². The van der Waals surface area contributed by atoms with Gasteiger partial charge in [-0.3, -0.25) is 4.79 Å². The van der Waals surface area contributed by atoms with E-state index in [0.29, 0.717) is 23.5 Å². The maximum atomic E-state index is 11.9.